The van der Waals surface area contributed by atoms with E-state index in [2.05, 4.69) is 16.8 Å². The average Bonchev–Trinajstić information content (AvgIpc) is 3.33. The van der Waals surface area contributed by atoms with Crippen molar-refractivity contribution in [2.24, 2.45) is 0 Å². The number of aromatic nitrogens is 1. The summed E-state index contributed by atoms with van der Waals surface area (Å²) in [4.78, 5) is 29.7. The van der Waals surface area contributed by atoms with Gasteiger partial charge in [0.05, 0.1) is 11.5 Å². The van der Waals surface area contributed by atoms with E-state index in [9.17, 15) is 18.0 Å². The molecular weight excluding hydrogens is 440 g/mol. The van der Waals surface area contributed by atoms with Crippen LogP contribution in [0.15, 0.2) is 61.4 Å². The number of nitrogens with one attached hydrogen (secondary N) is 1. The minimum absolute atomic E-state index is 0.0394. The van der Waals surface area contributed by atoms with Gasteiger partial charge in [-0.05, 0) is 62.8 Å². The molecule has 33 heavy (non-hydrogen) atoms. The molecule has 2 heterocycles. The van der Waals surface area contributed by atoms with Crippen LogP contribution in [0.3, 0.4) is 0 Å². The predicted octanol–water partition coefficient (Wildman–Crippen LogP) is 1.73. The average molecular weight is 473 g/mol. The molecule has 1 aromatic heterocycles. The smallest absolute Gasteiger partial charge is 0.251 e. The molecule has 0 radical (unpaired) electrons. The van der Waals surface area contributed by atoms with E-state index < -0.39 is 15.9 Å². The summed E-state index contributed by atoms with van der Waals surface area (Å²) in [5.74, 6) is -0.630. The van der Waals surface area contributed by atoms with Crippen molar-refractivity contribution < 1.29 is 18.0 Å². The Balaban J connectivity index is 1.67. The summed E-state index contributed by atoms with van der Waals surface area (Å²) in [6, 6.07) is 10.3. The van der Waals surface area contributed by atoms with Crippen molar-refractivity contribution in [3.05, 3.63) is 67.0 Å². The Morgan fingerprint density at radius 2 is 1.79 bits per heavy atom. The molecule has 2 amide bonds. The molecule has 1 fully saturated rings. The number of hydrogen-bond donors (Lipinski definition) is 1. The van der Waals surface area contributed by atoms with Gasteiger partial charge in [0.25, 0.3) is 5.91 Å². The van der Waals surface area contributed by atoms with Crippen molar-refractivity contribution in [1.82, 2.24) is 19.7 Å². The highest BCUT2D eigenvalue weighted by Gasteiger charge is 2.30. The van der Waals surface area contributed by atoms with E-state index in [0.29, 0.717) is 18.4 Å². The summed E-state index contributed by atoms with van der Waals surface area (Å²) in [5, 5.41) is 2.89. The molecule has 0 saturated carbocycles. The van der Waals surface area contributed by atoms with Gasteiger partial charge in [-0.25, -0.2) is 8.42 Å². The maximum Gasteiger partial charge on any atom is 0.251 e. The number of likely N-dealkylation sites (N-methyl/N-ethyl adjacent to an activating group) is 1. The predicted molar refractivity (Wildman–Crippen MR) is 129 cm³/mol. The van der Waals surface area contributed by atoms with Gasteiger partial charge in [-0.15, -0.1) is 6.58 Å². The molecule has 3 rings (SSSR count). The topological polar surface area (TPSA) is 91.7 Å². The Kier molecular flexibility index (Phi) is 8.46. The van der Waals surface area contributed by atoms with E-state index in [1.54, 1.807) is 17.0 Å². The highest BCUT2D eigenvalue weighted by Crippen LogP contribution is 2.13. The van der Waals surface area contributed by atoms with E-state index in [-0.39, 0.29) is 36.4 Å². The molecule has 2 aromatic rings. The summed E-state index contributed by atoms with van der Waals surface area (Å²) in [6.45, 7) is 5.55. The number of amides is 2. The van der Waals surface area contributed by atoms with Crippen molar-refractivity contribution >= 4 is 21.7 Å². The SMILES string of the molecule is C=CCN(C)CCC[C@H](NC(=O)c1ccc(-n2cccc2)cc1)C(=O)N1CCS(=O)(=O)CC1. The minimum Gasteiger partial charge on any atom is -0.340 e. The molecule has 1 saturated heterocycles. The van der Waals surface area contributed by atoms with Crippen LogP contribution in [0.5, 0.6) is 0 Å². The Bertz CT molecular complexity index is 1030. The third-order valence-corrected chi connectivity index (χ3v) is 7.37. The van der Waals surface area contributed by atoms with Crippen molar-refractivity contribution in [2.75, 3.05) is 44.7 Å². The number of carbonyl (C=O) groups excluding carboxylic acids is 2. The van der Waals surface area contributed by atoms with E-state index in [0.717, 1.165) is 18.8 Å². The third-order valence-electron chi connectivity index (χ3n) is 5.77. The van der Waals surface area contributed by atoms with Crippen molar-refractivity contribution in [2.45, 2.75) is 18.9 Å². The summed E-state index contributed by atoms with van der Waals surface area (Å²) in [6.07, 6.45) is 6.84. The number of hydrogen-bond acceptors (Lipinski definition) is 5. The van der Waals surface area contributed by atoms with Gasteiger partial charge in [0, 0.05) is 43.3 Å². The lowest BCUT2D eigenvalue weighted by Gasteiger charge is -2.31. The third kappa shape index (κ3) is 7.03. The van der Waals surface area contributed by atoms with Gasteiger partial charge in [-0.2, -0.15) is 0 Å². The van der Waals surface area contributed by atoms with Gasteiger partial charge in [-0.3, -0.25) is 9.59 Å². The number of benzene rings is 1. The van der Waals surface area contributed by atoms with E-state index in [4.69, 9.17) is 0 Å². The molecule has 0 aliphatic carbocycles. The first kappa shape index (κ1) is 24.7. The van der Waals surface area contributed by atoms with Crippen molar-refractivity contribution in [1.29, 1.82) is 0 Å². The van der Waals surface area contributed by atoms with E-state index in [1.807, 2.05) is 54.3 Å². The summed E-state index contributed by atoms with van der Waals surface area (Å²) in [7, 11) is -1.13. The lowest BCUT2D eigenvalue weighted by atomic mass is 10.1. The zero-order valence-electron chi connectivity index (χ0n) is 19.0. The van der Waals surface area contributed by atoms with Gasteiger partial charge in [0.15, 0.2) is 9.84 Å². The molecule has 8 nitrogen and oxygen atoms in total. The van der Waals surface area contributed by atoms with Gasteiger partial charge in [0.2, 0.25) is 5.91 Å². The molecule has 1 N–H and O–H groups in total. The van der Waals surface area contributed by atoms with Crippen LogP contribution in [0, 0.1) is 0 Å². The van der Waals surface area contributed by atoms with Gasteiger partial charge >= 0.3 is 0 Å². The molecule has 0 spiro atoms. The van der Waals surface area contributed by atoms with Crippen LogP contribution in [0.4, 0.5) is 0 Å². The zero-order chi connectivity index (χ0) is 23.8. The lowest BCUT2D eigenvalue weighted by molar-refractivity contribution is -0.133. The highest BCUT2D eigenvalue weighted by atomic mass is 32.2. The molecule has 0 bridgehead atoms. The van der Waals surface area contributed by atoms with Crippen molar-refractivity contribution in [3.63, 3.8) is 0 Å². The van der Waals surface area contributed by atoms with E-state index >= 15 is 0 Å². The van der Waals surface area contributed by atoms with Crippen LogP contribution < -0.4 is 5.32 Å². The first-order chi connectivity index (χ1) is 15.8. The van der Waals surface area contributed by atoms with Crippen LogP contribution in [-0.2, 0) is 14.6 Å². The Morgan fingerprint density at radius 3 is 2.39 bits per heavy atom. The second kappa shape index (κ2) is 11.3. The fraction of sp³-hybridized carbons (Fsp3) is 0.417. The van der Waals surface area contributed by atoms with Crippen LogP contribution in [0.1, 0.15) is 23.2 Å². The first-order valence-electron chi connectivity index (χ1n) is 11.1. The number of rotatable bonds is 10. The fourth-order valence-corrected chi connectivity index (χ4v) is 5.02. The first-order valence-corrected chi connectivity index (χ1v) is 12.9. The van der Waals surface area contributed by atoms with Crippen LogP contribution >= 0.6 is 0 Å². The number of nitrogens with zero attached hydrogens (tertiary/aromatic N) is 3. The second-order valence-electron chi connectivity index (χ2n) is 8.33. The molecule has 1 atom stereocenters. The van der Waals surface area contributed by atoms with E-state index in [1.165, 1.54) is 0 Å². The quantitative estimate of drug-likeness (QED) is 0.532. The molecule has 1 aromatic carbocycles. The summed E-state index contributed by atoms with van der Waals surface area (Å²) in [5.41, 5.74) is 1.40. The van der Waals surface area contributed by atoms with Crippen molar-refractivity contribution in [3.8, 4) is 5.69 Å². The van der Waals surface area contributed by atoms with Crippen LogP contribution in [-0.4, -0.2) is 85.4 Å². The zero-order valence-corrected chi connectivity index (χ0v) is 19.8. The number of sulfone groups is 1. The monoisotopic (exact) mass is 472 g/mol. The Hall–Kier alpha value is -2.91. The highest BCUT2D eigenvalue weighted by molar-refractivity contribution is 7.91. The normalized spacial score (nSPS) is 16.4. The fourth-order valence-electron chi connectivity index (χ4n) is 3.82. The molecule has 9 heteroatoms. The second-order valence-corrected chi connectivity index (χ2v) is 10.6. The molecular formula is C24H32N4O4S. The van der Waals surface area contributed by atoms with Gasteiger partial charge in [-0.1, -0.05) is 6.08 Å². The Labute approximate surface area is 195 Å². The maximum absolute atomic E-state index is 13.2. The summed E-state index contributed by atoms with van der Waals surface area (Å²) >= 11 is 0. The van der Waals surface area contributed by atoms with Crippen LogP contribution in [0.2, 0.25) is 0 Å². The molecule has 1 aliphatic heterocycles. The van der Waals surface area contributed by atoms with Crippen LogP contribution in [0.25, 0.3) is 5.69 Å². The number of carbonyl (C=O) groups is 2. The molecule has 0 unspecified atom stereocenters. The molecule has 178 valence electrons. The standard InChI is InChI=1S/C24H32N4O4S/c1-3-12-26(2)13-6-7-22(24(30)28-16-18-33(31,32)19-17-28)25-23(29)20-8-10-21(11-9-20)27-14-4-5-15-27/h3-5,8-11,14-15,22H,1,6-7,12-13,16-19H2,2H3,(H,25,29)/t22-/m0/s1. The summed E-state index contributed by atoms with van der Waals surface area (Å²) < 4.78 is 25.4. The lowest BCUT2D eigenvalue weighted by Crippen LogP contribution is -2.53. The van der Waals surface area contributed by atoms with Gasteiger partial charge < -0.3 is 19.7 Å². The molecule has 1 aliphatic rings. The minimum atomic E-state index is -3.10. The largest absolute Gasteiger partial charge is 0.340 e. The Morgan fingerprint density at radius 1 is 1.15 bits per heavy atom. The van der Waals surface area contributed by atoms with Gasteiger partial charge in [0.1, 0.15) is 6.04 Å². The maximum atomic E-state index is 13.2.